The molecular weight excluding hydrogens is 366 g/mol. The average molecular weight is 384 g/mol. The monoisotopic (exact) mass is 383 g/mol. The van der Waals surface area contributed by atoms with Gasteiger partial charge < -0.3 is 9.47 Å². The molecule has 0 saturated carbocycles. The van der Waals surface area contributed by atoms with Crippen molar-refractivity contribution in [2.24, 2.45) is 0 Å². The summed E-state index contributed by atoms with van der Waals surface area (Å²) in [6.45, 7) is 3.57. The van der Waals surface area contributed by atoms with Crippen LogP contribution in [0.25, 0.3) is 11.1 Å². The Balaban J connectivity index is 2.04. The van der Waals surface area contributed by atoms with E-state index in [0.29, 0.717) is 33.4 Å². The Morgan fingerprint density at radius 2 is 1.63 bits per heavy atom. The molecule has 3 aromatic carbocycles. The number of nitrogens with zero attached hydrogens (tertiary/aromatic N) is 1. The van der Waals surface area contributed by atoms with E-state index in [1.807, 2.05) is 36.4 Å². The van der Waals surface area contributed by atoms with Crippen LogP contribution in [-0.4, -0.2) is 12.0 Å². The van der Waals surface area contributed by atoms with Gasteiger partial charge in [-0.15, -0.1) is 0 Å². The summed E-state index contributed by atoms with van der Waals surface area (Å²) in [5.74, 6) is 1.86. The largest absolute Gasteiger partial charge is 0.496 e. The summed E-state index contributed by atoms with van der Waals surface area (Å²) in [6, 6.07) is 15.9. The number of rotatable bonds is 5. The zero-order valence-corrected chi connectivity index (χ0v) is 15.9. The van der Waals surface area contributed by atoms with Crippen LogP contribution in [0.3, 0.4) is 0 Å². The van der Waals surface area contributed by atoms with Gasteiger partial charge in [0.25, 0.3) is 5.69 Å². The molecule has 0 bridgehead atoms. The van der Waals surface area contributed by atoms with Crippen molar-refractivity contribution in [3.63, 3.8) is 0 Å². The summed E-state index contributed by atoms with van der Waals surface area (Å²) >= 11 is 6.34. The molecule has 0 fully saturated rings. The first kappa shape index (κ1) is 18.7. The highest BCUT2D eigenvalue weighted by Crippen LogP contribution is 2.39. The average Bonchev–Trinajstić information content (AvgIpc) is 2.64. The molecule has 138 valence electrons. The van der Waals surface area contributed by atoms with E-state index in [4.69, 9.17) is 21.1 Å². The first-order valence-electron chi connectivity index (χ1n) is 8.27. The maximum Gasteiger partial charge on any atom is 0.270 e. The lowest BCUT2D eigenvalue weighted by Crippen LogP contribution is -1.96. The first-order chi connectivity index (χ1) is 12.9. The number of ether oxygens (including phenoxy) is 2. The van der Waals surface area contributed by atoms with Crippen LogP contribution in [0.15, 0.2) is 54.6 Å². The van der Waals surface area contributed by atoms with Crippen LogP contribution in [-0.2, 0) is 0 Å². The molecule has 0 atom stereocenters. The second kappa shape index (κ2) is 7.68. The number of benzene rings is 3. The van der Waals surface area contributed by atoms with Crippen molar-refractivity contribution >= 4 is 17.3 Å². The van der Waals surface area contributed by atoms with E-state index < -0.39 is 4.92 Å². The molecule has 6 heteroatoms. The molecule has 0 N–H and O–H groups in total. The Kier molecular flexibility index (Phi) is 5.33. The third-order valence-corrected chi connectivity index (χ3v) is 4.54. The van der Waals surface area contributed by atoms with Gasteiger partial charge in [-0.25, -0.2) is 0 Å². The summed E-state index contributed by atoms with van der Waals surface area (Å²) in [7, 11) is 1.60. The Hall–Kier alpha value is -3.05. The second-order valence-corrected chi connectivity index (χ2v) is 6.52. The Labute approximate surface area is 162 Å². The fraction of sp³-hybridized carbons (Fsp3) is 0.143. The number of hydrogen-bond acceptors (Lipinski definition) is 4. The van der Waals surface area contributed by atoms with Crippen LogP contribution in [0.1, 0.15) is 11.1 Å². The molecule has 0 unspecified atom stereocenters. The summed E-state index contributed by atoms with van der Waals surface area (Å²) < 4.78 is 11.5. The summed E-state index contributed by atoms with van der Waals surface area (Å²) in [5.41, 5.74) is 3.06. The number of nitro benzene ring substituents is 1. The molecular formula is C21H18ClNO4. The topological polar surface area (TPSA) is 61.6 Å². The fourth-order valence-corrected chi connectivity index (χ4v) is 3.19. The van der Waals surface area contributed by atoms with Crippen molar-refractivity contribution in [3.05, 3.63) is 80.9 Å². The normalized spacial score (nSPS) is 10.5. The third kappa shape index (κ3) is 3.88. The molecule has 0 heterocycles. The minimum Gasteiger partial charge on any atom is -0.496 e. The molecule has 0 aliphatic rings. The molecule has 0 amide bonds. The summed E-state index contributed by atoms with van der Waals surface area (Å²) in [4.78, 5) is 10.6. The van der Waals surface area contributed by atoms with E-state index in [9.17, 15) is 10.1 Å². The highest BCUT2D eigenvalue weighted by atomic mass is 35.5. The highest BCUT2D eigenvalue weighted by Gasteiger charge is 2.15. The van der Waals surface area contributed by atoms with E-state index in [-0.39, 0.29) is 5.69 Å². The van der Waals surface area contributed by atoms with Gasteiger partial charge in [-0.05, 0) is 49.2 Å². The number of halogens is 1. The lowest BCUT2D eigenvalue weighted by molar-refractivity contribution is -0.385. The molecule has 5 nitrogen and oxygen atoms in total. The van der Waals surface area contributed by atoms with Gasteiger partial charge >= 0.3 is 0 Å². The van der Waals surface area contributed by atoms with Crippen molar-refractivity contribution in [1.82, 2.24) is 0 Å². The number of non-ortho nitro benzene ring substituents is 1. The third-order valence-electron chi connectivity index (χ3n) is 4.21. The van der Waals surface area contributed by atoms with Gasteiger partial charge in [-0.1, -0.05) is 29.8 Å². The Morgan fingerprint density at radius 1 is 0.963 bits per heavy atom. The van der Waals surface area contributed by atoms with Gasteiger partial charge in [-0.2, -0.15) is 0 Å². The maximum atomic E-state index is 11.0. The van der Waals surface area contributed by atoms with Gasteiger partial charge in [-0.3, -0.25) is 10.1 Å². The van der Waals surface area contributed by atoms with Crippen LogP contribution in [0.5, 0.6) is 17.2 Å². The number of hydrogen-bond donors (Lipinski definition) is 0. The molecule has 0 aliphatic carbocycles. The standard InChI is InChI=1S/C21H18ClNO4/c1-13-10-15(23(24)25)11-14(2)21(13)27-16-8-9-20(26-3)18(12-16)17-6-4-5-7-19(17)22/h4-12H,1-3H3. The second-order valence-electron chi connectivity index (χ2n) is 6.11. The molecule has 3 aromatic rings. The predicted octanol–water partition coefficient (Wildman–Crippen LogP) is 6.33. The van der Waals surface area contributed by atoms with Gasteiger partial charge in [0.1, 0.15) is 17.2 Å². The minimum atomic E-state index is -0.410. The maximum absolute atomic E-state index is 11.0. The van der Waals surface area contributed by atoms with E-state index in [1.54, 1.807) is 27.0 Å². The molecule has 0 aromatic heterocycles. The number of methoxy groups -OCH3 is 1. The Morgan fingerprint density at radius 3 is 2.22 bits per heavy atom. The van der Waals surface area contributed by atoms with Crippen molar-refractivity contribution in [2.45, 2.75) is 13.8 Å². The molecule has 3 rings (SSSR count). The molecule has 0 saturated heterocycles. The van der Waals surface area contributed by atoms with Crippen LogP contribution < -0.4 is 9.47 Å². The summed E-state index contributed by atoms with van der Waals surface area (Å²) in [6.07, 6.45) is 0. The SMILES string of the molecule is COc1ccc(Oc2c(C)cc([N+](=O)[O-])cc2C)cc1-c1ccccc1Cl. The van der Waals surface area contributed by atoms with Crippen molar-refractivity contribution in [1.29, 1.82) is 0 Å². The van der Waals surface area contributed by atoms with Crippen molar-refractivity contribution in [2.75, 3.05) is 7.11 Å². The van der Waals surface area contributed by atoms with Crippen LogP contribution in [0.4, 0.5) is 5.69 Å². The predicted molar refractivity (Wildman–Crippen MR) is 106 cm³/mol. The minimum absolute atomic E-state index is 0.0452. The number of nitro groups is 1. The van der Waals surface area contributed by atoms with Crippen molar-refractivity contribution < 1.29 is 14.4 Å². The van der Waals surface area contributed by atoms with Crippen LogP contribution in [0.2, 0.25) is 5.02 Å². The van der Waals surface area contributed by atoms with E-state index in [0.717, 1.165) is 11.1 Å². The van der Waals surface area contributed by atoms with Gasteiger partial charge in [0.2, 0.25) is 0 Å². The zero-order valence-electron chi connectivity index (χ0n) is 15.2. The Bertz CT molecular complexity index is 994. The van der Waals surface area contributed by atoms with Gasteiger partial charge in [0.15, 0.2) is 0 Å². The fourth-order valence-electron chi connectivity index (χ4n) is 2.95. The summed E-state index contributed by atoms with van der Waals surface area (Å²) in [5, 5.41) is 11.6. The van der Waals surface area contributed by atoms with Crippen molar-refractivity contribution in [3.8, 4) is 28.4 Å². The molecule has 0 aliphatic heterocycles. The van der Waals surface area contributed by atoms with Crippen LogP contribution in [0, 0.1) is 24.0 Å². The van der Waals surface area contributed by atoms with E-state index in [1.165, 1.54) is 12.1 Å². The lowest BCUT2D eigenvalue weighted by Gasteiger charge is -2.15. The quantitative estimate of drug-likeness (QED) is 0.381. The zero-order chi connectivity index (χ0) is 19.6. The molecule has 0 radical (unpaired) electrons. The smallest absolute Gasteiger partial charge is 0.270 e. The molecule has 0 spiro atoms. The van der Waals surface area contributed by atoms with E-state index in [2.05, 4.69) is 0 Å². The first-order valence-corrected chi connectivity index (χ1v) is 8.65. The van der Waals surface area contributed by atoms with Crippen LogP contribution >= 0.6 is 11.6 Å². The van der Waals surface area contributed by atoms with Gasteiger partial charge in [0, 0.05) is 28.3 Å². The highest BCUT2D eigenvalue weighted by molar-refractivity contribution is 6.33. The number of aryl methyl sites for hydroxylation is 2. The molecule has 27 heavy (non-hydrogen) atoms. The lowest BCUT2D eigenvalue weighted by atomic mass is 10.0. The van der Waals surface area contributed by atoms with Gasteiger partial charge in [0.05, 0.1) is 12.0 Å². The van der Waals surface area contributed by atoms with E-state index >= 15 is 0 Å².